The van der Waals surface area contributed by atoms with E-state index >= 15 is 0 Å². The highest BCUT2D eigenvalue weighted by molar-refractivity contribution is 5.93. The van der Waals surface area contributed by atoms with Gasteiger partial charge in [0.2, 0.25) is 5.91 Å². The van der Waals surface area contributed by atoms with Crippen LogP contribution in [0.3, 0.4) is 0 Å². The van der Waals surface area contributed by atoms with Crippen LogP contribution in [-0.4, -0.2) is 10.8 Å². The fourth-order valence-electron chi connectivity index (χ4n) is 1.62. The zero-order valence-electron chi connectivity index (χ0n) is 10.5. The van der Waals surface area contributed by atoms with Crippen molar-refractivity contribution in [2.45, 2.75) is 6.61 Å². The predicted octanol–water partition coefficient (Wildman–Crippen LogP) is 2.27. The van der Waals surface area contributed by atoms with Crippen LogP contribution >= 0.6 is 0 Å². The molecule has 0 unspecified atom stereocenters. The molecule has 0 aromatic heterocycles. The molecular weight excluding hydrogens is 260 g/mol. The summed E-state index contributed by atoms with van der Waals surface area (Å²) in [6.07, 6.45) is 0. The van der Waals surface area contributed by atoms with Crippen LogP contribution in [0, 0.1) is 10.1 Å². The van der Waals surface area contributed by atoms with Gasteiger partial charge in [-0.25, -0.2) is 0 Å². The Labute approximate surface area is 114 Å². The topological polar surface area (TPSA) is 95.5 Å². The Hall–Kier alpha value is -2.89. The average molecular weight is 272 g/mol. The summed E-state index contributed by atoms with van der Waals surface area (Å²) < 4.78 is 5.51. The lowest BCUT2D eigenvalue weighted by Gasteiger charge is -2.07. The number of benzene rings is 2. The van der Waals surface area contributed by atoms with Crippen LogP contribution in [0.1, 0.15) is 15.9 Å². The smallest absolute Gasteiger partial charge is 0.269 e. The molecule has 0 fully saturated rings. The van der Waals surface area contributed by atoms with Crippen LogP contribution < -0.4 is 10.5 Å². The van der Waals surface area contributed by atoms with E-state index in [0.717, 1.165) is 5.56 Å². The van der Waals surface area contributed by atoms with Crippen molar-refractivity contribution in [2.75, 3.05) is 0 Å². The average Bonchev–Trinajstić information content (AvgIpc) is 2.46. The SMILES string of the molecule is NC(=O)c1cccc(OCc2ccc([N+](=O)[O-])cc2)c1. The van der Waals surface area contributed by atoms with E-state index in [-0.39, 0.29) is 12.3 Å². The van der Waals surface area contributed by atoms with Gasteiger partial charge < -0.3 is 10.5 Å². The molecule has 0 aliphatic carbocycles. The molecule has 0 saturated heterocycles. The molecule has 0 radical (unpaired) electrons. The van der Waals surface area contributed by atoms with E-state index in [9.17, 15) is 14.9 Å². The molecule has 0 bridgehead atoms. The van der Waals surface area contributed by atoms with Gasteiger partial charge in [-0.2, -0.15) is 0 Å². The maximum atomic E-state index is 11.0. The van der Waals surface area contributed by atoms with Crippen LogP contribution in [0.25, 0.3) is 0 Å². The number of nitrogens with zero attached hydrogens (tertiary/aromatic N) is 1. The largest absolute Gasteiger partial charge is 0.489 e. The highest BCUT2D eigenvalue weighted by Gasteiger charge is 2.05. The molecule has 2 aromatic carbocycles. The minimum atomic E-state index is -0.522. The van der Waals surface area contributed by atoms with Crippen molar-refractivity contribution in [3.8, 4) is 5.75 Å². The summed E-state index contributed by atoms with van der Waals surface area (Å²) in [5.74, 6) is -0.00885. The molecule has 2 rings (SSSR count). The van der Waals surface area contributed by atoms with Crippen LogP contribution in [0.4, 0.5) is 5.69 Å². The zero-order valence-corrected chi connectivity index (χ0v) is 10.5. The number of non-ortho nitro benzene ring substituents is 1. The van der Waals surface area contributed by atoms with Crippen molar-refractivity contribution in [1.29, 1.82) is 0 Å². The van der Waals surface area contributed by atoms with Gasteiger partial charge in [-0.3, -0.25) is 14.9 Å². The Morgan fingerprint density at radius 1 is 1.20 bits per heavy atom. The lowest BCUT2D eigenvalue weighted by Crippen LogP contribution is -2.10. The van der Waals surface area contributed by atoms with Gasteiger partial charge in [-0.15, -0.1) is 0 Å². The first kappa shape index (κ1) is 13.5. The number of hydrogen-bond acceptors (Lipinski definition) is 4. The summed E-state index contributed by atoms with van der Waals surface area (Å²) in [6, 6.07) is 12.6. The third-order valence-electron chi connectivity index (χ3n) is 2.67. The standard InChI is InChI=1S/C14H12N2O4/c15-14(17)11-2-1-3-13(8-11)20-9-10-4-6-12(7-5-10)16(18)19/h1-8H,9H2,(H2,15,17). The van der Waals surface area contributed by atoms with Crippen molar-refractivity contribution in [3.05, 3.63) is 69.8 Å². The van der Waals surface area contributed by atoms with Gasteiger partial charge in [0, 0.05) is 17.7 Å². The number of nitrogens with two attached hydrogens (primary N) is 1. The van der Waals surface area contributed by atoms with Gasteiger partial charge >= 0.3 is 0 Å². The second-order valence-corrected chi connectivity index (χ2v) is 4.10. The molecule has 2 N–H and O–H groups in total. The molecule has 2 aromatic rings. The number of rotatable bonds is 5. The maximum Gasteiger partial charge on any atom is 0.269 e. The van der Waals surface area contributed by atoms with Crippen molar-refractivity contribution in [2.24, 2.45) is 5.73 Å². The second-order valence-electron chi connectivity index (χ2n) is 4.10. The van der Waals surface area contributed by atoms with Gasteiger partial charge in [-0.1, -0.05) is 6.07 Å². The van der Waals surface area contributed by atoms with Crippen molar-refractivity contribution in [3.63, 3.8) is 0 Å². The van der Waals surface area contributed by atoms with Crippen molar-refractivity contribution in [1.82, 2.24) is 0 Å². The van der Waals surface area contributed by atoms with E-state index < -0.39 is 10.8 Å². The number of primary amides is 1. The van der Waals surface area contributed by atoms with E-state index in [1.54, 1.807) is 36.4 Å². The Morgan fingerprint density at radius 2 is 1.90 bits per heavy atom. The summed E-state index contributed by atoms with van der Waals surface area (Å²) in [4.78, 5) is 21.1. The second kappa shape index (κ2) is 5.83. The van der Waals surface area contributed by atoms with E-state index in [0.29, 0.717) is 11.3 Å². The number of nitro benzene ring substituents is 1. The van der Waals surface area contributed by atoms with Crippen LogP contribution in [-0.2, 0) is 6.61 Å². The number of carbonyl (C=O) groups excluding carboxylic acids is 1. The van der Waals surface area contributed by atoms with Crippen LogP contribution in [0.2, 0.25) is 0 Å². The Morgan fingerprint density at radius 3 is 2.50 bits per heavy atom. The molecule has 6 nitrogen and oxygen atoms in total. The lowest BCUT2D eigenvalue weighted by molar-refractivity contribution is -0.384. The van der Waals surface area contributed by atoms with Gasteiger partial charge in [-0.05, 0) is 35.9 Å². The van der Waals surface area contributed by atoms with Gasteiger partial charge in [0.05, 0.1) is 4.92 Å². The summed E-state index contributed by atoms with van der Waals surface area (Å²) >= 11 is 0. The molecular formula is C14H12N2O4. The summed E-state index contributed by atoms with van der Waals surface area (Å²) in [5.41, 5.74) is 6.37. The van der Waals surface area contributed by atoms with Crippen molar-refractivity contribution >= 4 is 11.6 Å². The molecule has 1 amide bonds. The third-order valence-corrected chi connectivity index (χ3v) is 2.67. The first-order chi connectivity index (χ1) is 9.56. The number of hydrogen-bond donors (Lipinski definition) is 1. The van der Waals surface area contributed by atoms with Gasteiger partial charge in [0.1, 0.15) is 12.4 Å². The first-order valence-corrected chi connectivity index (χ1v) is 5.82. The molecule has 102 valence electrons. The molecule has 0 heterocycles. The zero-order chi connectivity index (χ0) is 14.5. The Bertz CT molecular complexity index is 638. The molecule has 20 heavy (non-hydrogen) atoms. The maximum absolute atomic E-state index is 11.0. The number of nitro groups is 1. The van der Waals surface area contributed by atoms with Crippen LogP contribution in [0.15, 0.2) is 48.5 Å². The molecule has 0 atom stereocenters. The molecule has 0 spiro atoms. The lowest BCUT2D eigenvalue weighted by atomic mass is 10.2. The fourth-order valence-corrected chi connectivity index (χ4v) is 1.62. The number of amides is 1. The Kier molecular flexibility index (Phi) is 3.95. The summed E-state index contributed by atoms with van der Waals surface area (Å²) in [6.45, 7) is 0.250. The minimum Gasteiger partial charge on any atom is -0.489 e. The molecule has 6 heteroatoms. The first-order valence-electron chi connectivity index (χ1n) is 5.82. The predicted molar refractivity (Wildman–Crippen MR) is 72.4 cm³/mol. The van der Waals surface area contributed by atoms with Crippen molar-refractivity contribution < 1.29 is 14.5 Å². The van der Waals surface area contributed by atoms with Gasteiger partial charge in [0.25, 0.3) is 5.69 Å². The van der Waals surface area contributed by atoms with Gasteiger partial charge in [0.15, 0.2) is 0 Å². The monoisotopic (exact) mass is 272 g/mol. The van der Waals surface area contributed by atoms with E-state index in [1.165, 1.54) is 12.1 Å². The highest BCUT2D eigenvalue weighted by Crippen LogP contribution is 2.16. The van der Waals surface area contributed by atoms with Crippen LogP contribution in [0.5, 0.6) is 5.75 Å². The summed E-state index contributed by atoms with van der Waals surface area (Å²) in [5, 5.41) is 10.5. The Balaban J connectivity index is 2.03. The summed E-state index contributed by atoms with van der Waals surface area (Å²) in [7, 11) is 0. The van der Waals surface area contributed by atoms with E-state index in [4.69, 9.17) is 10.5 Å². The molecule has 0 aliphatic heterocycles. The van der Waals surface area contributed by atoms with E-state index in [1.807, 2.05) is 0 Å². The quantitative estimate of drug-likeness (QED) is 0.667. The molecule has 0 saturated carbocycles. The molecule has 0 aliphatic rings. The number of carbonyl (C=O) groups is 1. The number of ether oxygens (including phenoxy) is 1. The fraction of sp³-hybridized carbons (Fsp3) is 0.0714. The highest BCUT2D eigenvalue weighted by atomic mass is 16.6. The van der Waals surface area contributed by atoms with E-state index in [2.05, 4.69) is 0 Å². The normalized spacial score (nSPS) is 10.0. The minimum absolute atomic E-state index is 0.0319. The third kappa shape index (κ3) is 3.32.